The number of hydrogen-bond donors (Lipinski definition) is 1. The molecular formula is C16H19NO2S. The van der Waals surface area contributed by atoms with E-state index in [9.17, 15) is 8.42 Å². The van der Waals surface area contributed by atoms with Crippen molar-refractivity contribution in [2.45, 2.75) is 24.7 Å². The molecule has 0 aliphatic heterocycles. The van der Waals surface area contributed by atoms with Gasteiger partial charge in [-0.25, -0.2) is 13.1 Å². The average molecular weight is 289 g/mol. The van der Waals surface area contributed by atoms with Gasteiger partial charge in [0.25, 0.3) is 0 Å². The van der Waals surface area contributed by atoms with Crippen LogP contribution in [-0.2, 0) is 10.0 Å². The lowest BCUT2D eigenvalue weighted by atomic mass is 10.1. The molecule has 0 unspecified atom stereocenters. The van der Waals surface area contributed by atoms with Crippen molar-refractivity contribution >= 4 is 10.0 Å². The third kappa shape index (κ3) is 3.68. The Morgan fingerprint density at radius 3 is 2.10 bits per heavy atom. The van der Waals surface area contributed by atoms with Crippen molar-refractivity contribution in [2.24, 2.45) is 0 Å². The summed E-state index contributed by atoms with van der Waals surface area (Å²) in [6.45, 7) is 2.52. The largest absolute Gasteiger partial charge is 0.240 e. The summed E-state index contributed by atoms with van der Waals surface area (Å²) in [4.78, 5) is 0.313. The number of rotatable bonds is 6. The summed E-state index contributed by atoms with van der Waals surface area (Å²) in [6.07, 6.45) is 1.82. The minimum absolute atomic E-state index is 0.313. The highest BCUT2D eigenvalue weighted by Crippen LogP contribution is 2.20. The summed E-state index contributed by atoms with van der Waals surface area (Å²) in [5, 5.41) is 0. The van der Waals surface area contributed by atoms with Gasteiger partial charge in [0.05, 0.1) is 4.90 Å². The van der Waals surface area contributed by atoms with Gasteiger partial charge in [-0.1, -0.05) is 55.8 Å². The Bertz CT molecular complexity index is 634. The van der Waals surface area contributed by atoms with Crippen molar-refractivity contribution in [1.82, 2.24) is 4.72 Å². The van der Waals surface area contributed by atoms with E-state index in [1.807, 2.05) is 49.4 Å². The molecule has 1 N–H and O–H groups in total. The summed E-state index contributed by atoms with van der Waals surface area (Å²) in [5.74, 6) is 0. The minimum Gasteiger partial charge on any atom is -0.211 e. The Labute approximate surface area is 120 Å². The van der Waals surface area contributed by atoms with Gasteiger partial charge in [-0.2, -0.15) is 0 Å². The van der Waals surface area contributed by atoms with Crippen LogP contribution in [0.5, 0.6) is 0 Å². The Morgan fingerprint density at radius 1 is 0.900 bits per heavy atom. The zero-order chi connectivity index (χ0) is 14.4. The standard InChI is InChI=1S/C16H19NO2S/c1-2-3-13-17-20(18,19)16-11-9-15(10-12-16)14-7-5-4-6-8-14/h4-12,17H,2-3,13H2,1H3. The van der Waals surface area contributed by atoms with E-state index in [2.05, 4.69) is 4.72 Å². The third-order valence-corrected chi connectivity index (χ3v) is 4.57. The second-order valence-electron chi connectivity index (χ2n) is 4.64. The molecule has 0 saturated heterocycles. The zero-order valence-corrected chi connectivity index (χ0v) is 12.4. The summed E-state index contributed by atoms with van der Waals surface area (Å²) < 4.78 is 26.7. The molecule has 0 heterocycles. The summed E-state index contributed by atoms with van der Waals surface area (Å²) in [7, 11) is -3.38. The summed E-state index contributed by atoms with van der Waals surface area (Å²) >= 11 is 0. The Morgan fingerprint density at radius 2 is 1.50 bits per heavy atom. The van der Waals surface area contributed by atoms with E-state index in [4.69, 9.17) is 0 Å². The predicted octanol–water partition coefficient (Wildman–Crippen LogP) is 3.43. The van der Waals surface area contributed by atoms with Gasteiger partial charge in [0.15, 0.2) is 0 Å². The van der Waals surface area contributed by atoms with Crippen molar-refractivity contribution < 1.29 is 8.42 Å². The molecule has 0 atom stereocenters. The van der Waals surface area contributed by atoms with Gasteiger partial charge in [-0.05, 0) is 29.7 Å². The van der Waals surface area contributed by atoms with Crippen LogP contribution < -0.4 is 4.72 Å². The fourth-order valence-electron chi connectivity index (χ4n) is 1.92. The molecule has 2 rings (SSSR count). The van der Waals surface area contributed by atoms with Crippen LogP contribution >= 0.6 is 0 Å². The molecule has 0 spiro atoms. The van der Waals surface area contributed by atoms with Gasteiger partial charge in [-0.15, -0.1) is 0 Å². The first-order valence-electron chi connectivity index (χ1n) is 6.78. The number of nitrogens with one attached hydrogen (secondary N) is 1. The van der Waals surface area contributed by atoms with Gasteiger partial charge in [0, 0.05) is 6.54 Å². The smallest absolute Gasteiger partial charge is 0.211 e. The van der Waals surface area contributed by atoms with Gasteiger partial charge in [0.1, 0.15) is 0 Å². The molecule has 2 aromatic rings. The Balaban J connectivity index is 2.16. The second kappa shape index (κ2) is 6.68. The average Bonchev–Trinajstić information content (AvgIpc) is 2.48. The highest BCUT2D eigenvalue weighted by Gasteiger charge is 2.12. The molecule has 0 aromatic heterocycles. The highest BCUT2D eigenvalue weighted by molar-refractivity contribution is 7.89. The first-order valence-corrected chi connectivity index (χ1v) is 8.27. The molecule has 106 valence electrons. The van der Waals surface area contributed by atoms with Crippen molar-refractivity contribution in [1.29, 1.82) is 0 Å². The van der Waals surface area contributed by atoms with Crippen molar-refractivity contribution in [3.8, 4) is 11.1 Å². The number of unbranched alkanes of at least 4 members (excludes halogenated alkanes) is 1. The normalized spacial score (nSPS) is 11.4. The second-order valence-corrected chi connectivity index (χ2v) is 6.41. The summed E-state index contributed by atoms with van der Waals surface area (Å²) in [6, 6.07) is 16.9. The molecule has 3 nitrogen and oxygen atoms in total. The van der Waals surface area contributed by atoms with E-state index in [0.717, 1.165) is 24.0 Å². The number of sulfonamides is 1. The van der Waals surface area contributed by atoms with E-state index >= 15 is 0 Å². The molecular weight excluding hydrogens is 270 g/mol. The quantitative estimate of drug-likeness (QED) is 0.828. The molecule has 4 heteroatoms. The maximum absolute atomic E-state index is 12.0. The molecule has 2 aromatic carbocycles. The van der Waals surface area contributed by atoms with E-state index in [1.165, 1.54) is 0 Å². The molecule has 0 aliphatic rings. The monoisotopic (exact) mass is 289 g/mol. The first kappa shape index (κ1) is 14.8. The third-order valence-electron chi connectivity index (χ3n) is 3.09. The van der Waals surface area contributed by atoms with Crippen LogP contribution in [0.3, 0.4) is 0 Å². The predicted molar refractivity (Wildman–Crippen MR) is 82.0 cm³/mol. The van der Waals surface area contributed by atoms with Crippen LogP contribution in [0.25, 0.3) is 11.1 Å². The molecule has 20 heavy (non-hydrogen) atoms. The van der Waals surface area contributed by atoms with E-state index in [-0.39, 0.29) is 0 Å². The van der Waals surface area contributed by atoms with Crippen molar-refractivity contribution in [3.05, 3.63) is 54.6 Å². The first-order chi connectivity index (χ1) is 9.63. The molecule has 0 saturated carbocycles. The zero-order valence-electron chi connectivity index (χ0n) is 11.5. The molecule has 0 aliphatic carbocycles. The Hall–Kier alpha value is -1.65. The topological polar surface area (TPSA) is 46.2 Å². The van der Waals surface area contributed by atoms with Crippen LogP contribution in [-0.4, -0.2) is 15.0 Å². The number of benzene rings is 2. The molecule has 0 bridgehead atoms. The fraction of sp³-hybridized carbons (Fsp3) is 0.250. The van der Waals surface area contributed by atoms with Crippen molar-refractivity contribution in [3.63, 3.8) is 0 Å². The maximum Gasteiger partial charge on any atom is 0.240 e. The van der Waals surface area contributed by atoms with Gasteiger partial charge >= 0.3 is 0 Å². The van der Waals surface area contributed by atoms with Gasteiger partial charge in [-0.3, -0.25) is 0 Å². The van der Waals surface area contributed by atoms with Crippen molar-refractivity contribution in [2.75, 3.05) is 6.54 Å². The van der Waals surface area contributed by atoms with Crippen LogP contribution in [0.15, 0.2) is 59.5 Å². The van der Waals surface area contributed by atoms with Crippen LogP contribution in [0, 0.1) is 0 Å². The highest BCUT2D eigenvalue weighted by atomic mass is 32.2. The lowest BCUT2D eigenvalue weighted by molar-refractivity contribution is 0.578. The van der Waals surface area contributed by atoms with Gasteiger partial charge < -0.3 is 0 Å². The lowest BCUT2D eigenvalue weighted by Crippen LogP contribution is -2.24. The number of hydrogen-bond acceptors (Lipinski definition) is 2. The molecule has 0 radical (unpaired) electrons. The Kier molecular flexibility index (Phi) is 4.93. The van der Waals surface area contributed by atoms with E-state index in [1.54, 1.807) is 12.1 Å². The molecule has 0 amide bonds. The SMILES string of the molecule is CCCCNS(=O)(=O)c1ccc(-c2ccccc2)cc1. The maximum atomic E-state index is 12.0. The lowest BCUT2D eigenvalue weighted by Gasteiger charge is -2.07. The minimum atomic E-state index is -3.38. The van der Waals surface area contributed by atoms with Crippen LogP contribution in [0.4, 0.5) is 0 Å². The summed E-state index contributed by atoms with van der Waals surface area (Å²) in [5.41, 5.74) is 2.09. The van der Waals surface area contributed by atoms with E-state index < -0.39 is 10.0 Å². The van der Waals surface area contributed by atoms with E-state index in [0.29, 0.717) is 11.4 Å². The van der Waals surface area contributed by atoms with Crippen LogP contribution in [0.1, 0.15) is 19.8 Å². The van der Waals surface area contributed by atoms with Crippen LogP contribution in [0.2, 0.25) is 0 Å². The molecule has 0 fully saturated rings. The van der Waals surface area contributed by atoms with Gasteiger partial charge in [0.2, 0.25) is 10.0 Å². The fourth-order valence-corrected chi connectivity index (χ4v) is 3.00.